The molecule has 0 atom stereocenters. The predicted octanol–water partition coefficient (Wildman–Crippen LogP) is 1.71. The minimum Gasteiger partial charge on any atom is -0.329 e. The second-order valence-corrected chi connectivity index (χ2v) is 7.25. The molecule has 2 N–H and O–H groups in total. The van der Waals surface area contributed by atoms with Gasteiger partial charge in [0.15, 0.2) is 0 Å². The average molecular weight is 262 g/mol. The molecule has 1 aliphatic rings. The van der Waals surface area contributed by atoms with Crippen molar-refractivity contribution in [3.05, 3.63) is 0 Å². The molecule has 4 nitrogen and oxygen atoms in total. The summed E-state index contributed by atoms with van der Waals surface area (Å²) in [4.78, 5) is 0. The van der Waals surface area contributed by atoms with E-state index >= 15 is 0 Å². The van der Waals surface area contributed by atoms with Gasteiger partial charge < -0.3 is 5.73 Å². The van der Waals surface area contributed by atoms with E-state index in [2.05, 4.69) is 0 Å². The number of hydrogen-bond acceptors (Lipinski definition) is 3. The second kappa shape index (κ2) is 6.16. The van der Waals surface area contributed by atoms with Crippen molar-refractivity contribution in [2.75, 3.05) is 19.3 Å². The zero-order valence-corrected chi connectivity index (χ0v) is 11.9. The number of hydrogen-bond donors (Lipinski definition) is 1. The molecule has 102 valence electrons. The van der Waals surface area contributed by atoms with Gasteiger partial charge in [0, 0.05) is 19.1 Å². The molecule has 1 saturated carbocycles. The highest BCUT2D eigenvalue weighted by Crippen LogP contribution is 2.33. The highest BCUT2D eigenvalue weighted by atomic mass is 32.2. The molecule has 0 radical (unpaired) electrons. The van der Waals surface area contributed by atoms with Crippen molar-refractivity contribution in [3.8, 4) is 0 Å². The van der Waals surface area contributed by atoms with Gasteiger partial charge in [-0.25, -0.2) is 8.42 Å². The van der Waals surface area contributed by atoms with E-state index in [9.17, 15) is 8.42 Å². The van der Waals surface area contributed by atoms with Crippen LogP contribution >= 0.6 is 0 Å². The summed E-state index contributed by atoms with van der Waals surface area (Å²) in [6.07, 6.45) is 6.83. The Labute approximate surface area is 106 Å². The molecule has 17 heavy (non-hydrogen) atoms. The van der Waals surface area contributed by atoms with Crippen LogP contribution < -0.4 is 5.73 Å². The van der Waals surface area contributed by atoms with Crippen molar-refractivity contribution in [2.45, 2.75) is 57.4 Å². The van der Waals surface area contributed by atoms with Gasteiger partial charge in [-0.05, 0) is 19.3 Å². The number of nitrogens with two attached hydrogens (primary N) is 1. The van der Waals surface area contributed by atoms with Crippen LogP contribution in [-0.4, -0.2) is 37.6 Å². The molecule has 0 aromatic carbocycles. The summed E-state index contributed by atoms with van der Waals surface area (Å²) in [5.41, 5.74) is 5.54. The maximum Gasteiger partial charge on any atom is 0.214 e. The molecule has 0 aromatic heterocycles. The summed E-state index contributed by atoms with van der Waals surface area (Å²) in [5.74, 6) is 0.252. The molecule has 0 aromatic rings. The van der Waals surface area contributed by atoms with E-state index in [4.69, 9.17) is 5.73 Å². The molecule has 0 heterocycles. The Kier molecular flexibility index (Phi) is 5.41. The summed E-state index contributed by atoms with van der Waals surface area (Å²) in [6.45, 7) is 2.45. The van der Waals surface area contributed by atoms with E-state index < -0.39 is 10.0 Å². The van der Waals surface area contributed by atoms with E-state index in [1.807, 2.05) is 6.92 Å². The van der Waals surface area contributed by atoms with E-state index in [0.717, 1.165) is 38.5 Å². The van der Waals surface area contributed by atoms with E-state index in [0.29, 0.717) is 6.54 Å². The Morgan fingerprint density at radius 3 is 2.29 bits per heavy atom. The molecular formula is C12H26N2O2S. The van der Waals surface area contributed by atoms with Gasteiger partial charge in [0.05, 0.1) is 5.75 Å². The van der Waals surface area contributed by atoms with Crippen LogP contribution in [0.1, 0.15) is 51.9 Å². The molecule has 0 saturated heterocycles. The van der Waals surface area contributed by atoms with Crippen molar-refractivity contribution in [1.29, 1.82) is 0 Å². The third kappa shape index (κ3) is 3.42. The van der Waals surface area contributed by atoms with Gasteiger partial charge in [-0.1, -0.05) is 32.6 Å². The van der Waals surface area contributed by atoms with Gasteiger partial charge in [0.2, 0.25) is 10.0 Å². The average Bonchev–Trinajstić information content (AvgIpc) is 2.36. The molecule has 1 fully saturated rings. The normalized spacial score (nSPS) is 20.7. The number of unbranched alkanes of at least 4 members (excludes halogenated alkanes) is 1. The highest BCUT2D eigenvalue weighted by Gasteiger charge is 2.40. The monoisotopic (exact) mass is 262 g/mol. The van der Waals surface area contributed by atoms with Crippen molar-refractivity contribution in [1.82, 2.24) is 4.31 Å². The maximum atomic E-state index is 12.2. The Morgan fingerprint density at radius 2 is 1.82 bits per heavy atom. The topological polar surface area (TPSA) is 63.4 Å². The lowest BCUT2D eigenvalue weighted by Gasteiger charge is -2.43. The van der Waals surface area contributed by atoms with Crippen molar-refractivity contribution >= 4 is 10.0 Å². The fourth-order valence-corrected chi connectivity index (χ4v) is 4.39. The van der Waals surface area contributed by atoms with Gasteiger partial charge in [-0.3, -0.25) is 0 Å². The third-order valence-corrected chi connectivity index (χ3v) is 6.03. The second-order valence-electron chi connectivity index (χ2n) is 5.13. The van der Waals surface area contributed by atoms with Crippen molar-refractivity contribution < 1.29 is 8.42 Å². The molecule has 5 heteroatoms. The molecule has 0 amide bonds. The first-order valence-electron chi connectivity index (χ1n) is 6.65. The Balaban J connectivity index is 2.80. The molecule has 0 unspecified atom stereocenters. The van der Waals surface area contributed by atoms with Crippen LogP contribution in [0, 0.1) is 0 Å². The Hall–Kier alpha value is -0.130. The van der Waals surface area contributed by atoms with Crippen molar-refractivity contribution in [2.24, 2.45) is 5.73 Å². The number of nitrogens with zero attached hydrogens (tertiary/aromatic N) is 1. The third-order valence-electron chi connectivity index (χ3n) is 4.01. The van der Waals surface area contributed by atoms with Gasteiger partial charge >= 0.3 is 0 Å². The van der Waals surface area contributed by atoms with Crippen LogP contribution in [0.2, 0.25) is 0 Å². The Bertz CT molecular complexity index is 321. The van der Waals surface area contributed by atoms with E-state index in [-0.39, 0.29) is 11.3 Å². The first-order valence-corrected chi connectivity index (χ1v) is 8.26. The zero-order valence-electron chi connectivity index (χ0n) is 11.1. The fraction of sp³-hybridized carbons (Fsp3) is 1.00. The summed E-state index contributed by atoms with van der Waals surface area (Å²) >= 11 is 0. The number of rotatable bonds is 6. The van der Waals surface area contributed by atoms with Crippen molar-refractivity contribution in [3.63, 3.8) is 0 Å². The largest absolute Gasteiger partial charge is 0.329 e. The van der Waals surface area contributed by atoms with Crippen LogP contribution in [0.5, 0.6) is 0 Å². The van der Waals surface area contributed by atoms with Crippen LogP contribution in [-0.2, 0) is 10.0 Å². The molecule has 0 spiro atoms. The molecular weight excluding hydrogens is 236 g/mol. The standard InChI is InChI=1S/C12H26N2O2S/c1-3-4-10-17(15,16)14(2)12(11-13)8-6-5-7-9-12/h3-11,13H2,1-2H3. The Morgan fingerprint density at radius 1 is 1.24 bits per heavy atom. The molecule has 0 aliphatic heterocycles. The summed E-state index contributed by atoms with van der Waals surface area (Å²) in [6, 6.07) is 0. The lowest BCUT2D eigenvalue weighted by molar-refractivity contribution is 0.159. The van der Waals surface area contributed by atoms with Crippen LogP contribution in [0.15, 0.2) is 0 Å². The SMILES string of the molecule is CCCCS(=O)(=O)N(C)C1(CN)CCCCC1. The molecule has 0 bridgehead atoms. The lowest BCUT2D eigenvalue weighted by atomic mass is 9.82. The minimum atomic E-state index is -3.14. The highest BCUT2D eigenvalue weighted by molar-refractivity contribution is 7.89. The summed E-state index contributed by atoms with van der Waals surface area (Å²) in [7, 11) is -1.43. The number of sulfonamides is 1. The smallest absolute Gasteiger partial charge is 0.214 e. The van der Waals surface area contributed by atoms with Gasteiger partial charge in [-0.15, -0.1) is 0 Å². The molecule has 1 rings (SSSR count). The fourth-order valence-electron chi connectivity index (χ4n) is 2.62. The van der Waals surface area contributed by atoms with Gasteiger partial charge in [0.25, 0.3) is 0 Å². The quantitative estimate of drug-likeness (QED) is 0.792. The molecule has 1 aliphatic carbocycles. The summed E-state index contributed by atoms with van der Waals surface area (Å²) < 4.78 is 26.0. The van der Waals surface area contributed by atoms with Gasteiger partial charge in [-0.2, -0.15) is 4.31 Å². The lowest BCUT2D eigenvalue weighted by Crippen LogP contribution is -2.55. The van der Waals surface area contributed by atoms with Crippen LogP contribution in [0.25, 0.3) is 0 Å². The summed E-state index contributed by atoms with van der Waals surface area (Å²) in [5, 5.41) is 0. The van der Waals surface area contributed by atoms with E-state index in [1.165, 1.54) is 6.42 Å². The first kappa shape index (κ1) is 14.9. The zero-order chi connectivity index (χ0) is 12.9. The predicted molar refractivity (Wildman–Crippen MR) is 71.3 cm³/mol. The van der Waals surface area contributed by atoms with Crippen LogP contribution in [0.3, 0.4) is 0 Å². The van der Waals surface area contributed by atoms with E-state index in [1.54, 1.807) is 11.4 Å². The van der Waals surface area contributed by atoms with Gasteiger partial charge in [0.1, 0.15) is 0 Å². The number of likely N-dealkylation sites (N-methyl/N-ethyl adjacent to an activating group) is 1. The first-order chi connectivity index (χ1) is 7.98. The van der Waals surface area contributed by atoms with Crippen LogP contribution in [0.4, 0.5) is 0 Å². The maximum absolute atomic E-state index is 12.2. The minimum absolute atomic E-state index is 0.252.